The number of aromatic nitrogens is 2. The Kier molecular flexibility index (Phi) is 5.44. The van der Waals surface area contributed by atoms with E-state index in [1.165, 1.54) is 0 Å². The van der Waals surface area contributed by atoms with Crippen molar-refractivity contribution >= 4 is 29.1 Å². The van der Waals surface area contributed by atoms with E-state index in [1.807, 2.05) is 19.1 Å². The fraction of sp³-hybridized carbons (Fsp3) is 0.375. The summed E-state index contributed by atoms with van der Waals surface area (Å²) < 4.78 is 5.33. The average Bonchev–Trinajstić information content (AvgIpc) is 2.45. The summed E-state index contributed by atoms with van der Waals surface area (Å²) in [6.45, 7) is 7.03. The van der Waals surface area contributed by atoms with Gasteiger partial charge in [-0.2, -0.15) is 4.98 Å². The van der Waals surface area contributed by atoms with Crippen LogP contribution in [0.15, 0.2) is 24.3 Å². The van der Waals surface area contributed by atoms with Crippen LogP contribution < -0.4 is 15.4 Å². The monoisotopic (exact) mass is 320 g/mol. The minimum absolute atomic E-state index is 0.522. The molecule has 5 nitrogen and oxygen atoms in total. The SMILES string of the molecule is COc1ccc(Cl)cc1Nc1cc(C)nc(NCC(C)C)n1. The van der Waals surface area contributed by atoms with Gasteiger partial charge >= 0.3 is 0 Å². The molecule has 0 fully saturated rings. The standard InChI is InChI=1S/C16H21ClN4O/c1-10(2)9-18-16-19-11(3)7-15(21-16)20-13-8-12(17)5-6-14(13)22-4/h5-8,10H,9H2,1-4H3,(H2,18,19,20,21). The molecule has 22 heavy (non-hydrogen) atoms. The van der Waals surface area contributed by atoms with E-state index in [4.69, 9.17) is 16.3 Å². The number of hydrogen-bond acceptors (Lipinski definition) is 5. The highest BCUT2D eigenvalue weighted by molar-refractivity contribution is 6.31. The summed E-state index contributed by atoms with van der Waals surface area (Å²) in [6, 6.07) is 7.28. The summed E-state index contributed by atoms with van der Waals surface area (Å²) >= 11 is 6.05. The van der Waals surface area contributed by atoms with Crippen molar-refractivity contribution in [3.8, 4) is 5.75 Å². The molecule has 1 aromatic carbocycles. The molecule has 0 aliphatic carbocycles. The van der Waals surface area contributed by atoms with Gasteiger partial charge in [0.15, 0.2) is 0 Å². The number of ether oxygens (including phenoxy) is 1. The second-order valence-corrected chi connectivity index (χ2v) is 5.90. The Morgan fingerprint density at radius 3 is 2.68 bits per heavy atom. The van der Waals surface area contributed by atoms with Gasteiger partial charge in [0.1, 0.15) is 11.6 Å². The number of methoxy groups -OCH3 is 1. The molecule has 0 saturated carbocycles. The minimum atomic E-state index is 0.522. The molecule has 2 N–H and O–H groups in total. The zero-order valence-corrected chi connectivity index (χ0v) is 14.0. The van der Waals surface area contributed by atoms with Gasteiger partial charge in [0.05, 0.1) is 12.8 Å². The van der Waals surface area contributed by atoms with Crippen LogP contribution >= 0.6 is 11.6 Å². The van der Waals surface area contributed by atoms with Crippen LogP contribution in [0.4, 0.5) is 17.5 Å². The van der Waals surface area contributed by atoms with Crippen molar-refractivity contribution in [1.29, 1.82) is 0 Å². The van der Waals surface area contributed by atoms with Crippen LogP contribution in [0.2, 0.25) is 5.02 Å². The number of rotatable bonds is 6. The fourth-order valence-corrected chi connectivity index (χ4v) is 2.10. The minimum Gasteiger partial charge on any atom is -0.495 e. The maximum atomic E-state index is 6.05. The first-order chi connectivity index (χ1) is 10.5. The lowest BCUT2D eigenvalue weighted by molar-refractivity contribution is 0.417. The second-order valence-electron chi connectivity index (χ2n) is 5.46. The molecule has 0 radical (unpaired) electrons. The van der Waals surface area contributed by atoms with E-state index in [1.54, 1.807) is 19.2 Å². The zero-order chi connectivity index (χ0) is 16.1. The smallest absolute Gasteiger partial charge is 0.224 e. The number of nitrogens with one attached hydrogen (secondary N) is 2. The number of halogens is 1. The van der Waals surface area contributed by atoms with Crippen LogP contribution in [0.5, 0.6) is 5.75 Å². The van der Waals surface area contributed by atoms with Gasteiger partial charge in [-0.15, -0.1) is 0 Å². The Morgan fingerprint density at radius 2 is 2.00 bits per heavy atom. The molecule has 1 aromatic heterocycles. The molecule has 0 aliphatic rings. The highest BCUT2D eigenvalue weighted by Crippen LogP contribution is 2.30. The molecule has 2 rings (SSSR count). The van der Waals surface area contributed by atoms with Gasteiger partial charge in [-0.05, 0) is 31.0 Å². The molecule has 0 unspecified atom stereocenters. The predicted molar refractivity (Wildman–Crippen MR) is 91.4 cm³/mol. The van der Waals surface area contributed by atoms with Gasteiger partial charge in [0.2, 0.25) is 5.95 Å². The molecular weight excluding hydrogens is 300 g/mol. The molecule has 0 aliphatic heterocycles. The van der Waals surface area contributed by atoms with E-state index >= 15 is 0 Å². The zero-order valence-electron chi connectivity index (χ0n) is 13.3. The molecule has 6 heteroatoms. The van der Waals surface area contributed by atoms with Crippen molar-refractivity contribution in [2.45, 2.75) is 20.8 Å². The number of benzene rings is 1. The largest absolute Gasteiger partial charge is 0.495 e. The van der Waals surface area contributed by atoms with E-state index in [9.17, 15) is 0 Å². The first-order valence-electron chi connectivity index (χ1n) is 7.18. The van der Waals surface area contributed by atoms with Crippen molar-refractivity contribution in [3.05, 3.63) is 35.0 Å². The van der Waals surface area contributed by atoms with Crippen LogP contribution in [-0.4, -0.2) is 23.6 Å². The van der Waals surface area contributed by atoms with Crippen molar-refractivity contribution in [3.63, 3.8) is 0 Å². The van der Waals surface area contributed by atoms with Crippen molar-refractivity contribution < 1.29 is 4.74 Å². The molecular formula is C16H21ClN4O. The Bertz CT molecular complexity index is 646. The van der Waals surface area contributed by atoms with E-state index in [0.717, 1.165) is 17.9 Å². The molecule has 0 bridgehead atoms. The van der Waals surface area contributed by atoms with E-state index in [-0.39, 0.29) is 0 Å². The number of hydrogen-bond donors (Lipinski definition) is 2. The third-order valence-electron chi connectivity index (χ3n) is 2.95. The van der Waals surface area contributed by atoms with Crippen LogP contribution in [0.3, 0.4) is 0 Å². The Labute approximate surface area is 136 Å². The normalized spacial score (nSPS) is 10.6. The van der Waals surface area contributed by atoms with Gasteiger partial charge in [0.25, 0.3) is 0 Å². The molecule has 2 aromatic rings. The molecule has 118 valence electrons. The topological polar surface area (TPSA) is 59.1 Å². The molecule has 0 spiro atoms. The maximum Gasteiger partial charge on any atom is 0.224 e. The molecule has 0 saturated heterocycles. The first-order valence-corrected chi connectivity index (χ1v) is 7.56. The van der Waals surface area contributed by atoms with Crippen molar-refractivity contribution in [2.75, 3.05) is 24.3 Å². The molecule has 0 atom stereocenters. The summed E-state index contributed by atoms with van der Waals surface area (Å²) in [5.41, 5.74) is 1.65. The summed E-state index contributed by atoms with van der Waals surface area (Å²) in [7, 11) is 1.62. The molecule has 0 amide bonds. The van der Waals surface area contributed by atoms with Crippen molar-refractivity contribution in [2.24, 2.45) is 5.92 Å². The van der Waals surface area contributed by atoms with Crippen molar-refractivity contribution in [1.82, 2.24) is 9.97 Å². The lowest BCUT2D eigenvalue weighted by Crippen LogP contribution is -2.11. The van der Waals surface area contributed by atoms with Gasteiger partial charge in [-0.25, -0.2) is 4.98 Å². The third kappa shape index (κ3) is 4.49. The average molecular weight is 321 g/mol. The highest BCUT2D eigenvalue weighted by Gasteiger charge is 2.07. The van der Waals surface area contributed by atoms with Gasteiger partial charge in [-0.3, -0.25) is 0 Å². The number of aryl methyl sites for hydroxylation is 1. The van der Waals surface area contributed by atoms with Gasteiger partial charge in [-0.1, -0.05) is 25.4 Å². The second kappa shape index (κ2) is 7.31. The van der Waals surface area contributed by atoms with E-state index in [2.05, 4.69) is 34.4 Å². The lowest BCUT2D eigenvalue weighted by atomic mass is 10.2. The molecule has 1 heterocycles. The predicted octanol–water partition coefficient (Wildman–Crippen LogP) is 4.26. The van der Waals surface area contributed by atoms with Gasteiger partial charge in [0, 0.05) is 23.3 Å². The van der Waals surface area contributed by atoms with E-state index < -0.39 is 0 Å². The van der Waals surface area contributed by atoms with E-state index in [0.29, 0.717) is 28.5 Å². The van der Waals surface area contributed by atoms with Crippen LogP contribution in [0.1, 0.15) is 19.5 Å². The quantitative estimate of drug-likeness (QED) is 0.833. The number of anilines is 3. The third-order valence-corrected chi connectivity index (χ3v) is 3.18. The fourth-order valence-electron chi connectivity index (χ4n) is 1.92. The Hall–Kier alpha value is -2.01. The van der Waals surface area contributed by atoms with Gasteiger partial charge < -0.3 is 15.4 Å². The van der Waals surface area contributed by atoms with Crippen LogP contribution in [0, 0.1) is 12.8 Å². The summed E-state index contributed by atoms with van der Waals surface area (Å²) in [6.07, 6.45) is 0. The van der Waals surface area contributed by atoms with Crippen LogP contribution in [-0.2, 0) is 0 Å². The highest BCUT2D eigenvalue weighted by atomic mass is 35.5. The van der Waals surface area contributed by atoms with Crippen LogP contribution in [0.25, 0.3) is 0 Å². The maximum absolute atomic E-state index is 6.05. The Morgan fingerprint density at radius 1 is 1.23 bits per heavy atom. The Balaban J connectivity index is 2.24. The summed E-state index contributed by atoms with van der Waals surface area (Å²) in [5, 5.41) is 7.10. The lowest BCUT2D eigenvalue weighted by Gasteiger charge is -2.13. The summed E-state index contributed by atoms with van der Waals surface area (Å²) in [5.74, 6) is 2.53. The number of nitrogens with zero attached hydrogens (tertiary/aromatic N) is 2. The first kappa shape index (κ1) is 16.4. The summed E-state index contributed by atoms with van der Waals surface area (Å²) in [4.78, 5) is 8.86.